The van der Waals surface area contributed by atoms with Gasteiger partial charge < -0.3 is 20.9 Å². The van der Waals surface area contributed by atoms with Crippen LogP contribution in [0.15, 0.2) is 97.1 Å². The van der Waals surface area contributed by atoms with Crippen molar-refractivity contribution in [2.75, 3.05) is 11.5 Å². The fraction of sp³-hybridized carbons (Fsp3) is 0. The zero-order valence-electron chi connectivity index (χ0n) is 16.1. The van der Waals surface area contributed by atoms with E-state index in [2.05, 4.69) is 0 Å². The van der Waals surface area contributed by atoms with Crippen LogP contribution in [0.1, 0.15) is 0 Å². The molecule has 0 spiro atoms. The van der Waals surface area contributed by atoms with Crippen LogP contribution >= 0.6 is 7.80 Å². The van der Waals surface area contributed by atoms with Gasteiger partial charge in [-0.25, -0.2) is 0 Å². The second-order valence-electron chi connectivity index (χ2n) is 6.52. The second kappa shape index (κ2) is 8.68. The van der Waals surface area contributed by atoms with Gasteiger partial charge in [-0.1, -0.05) is 53.1 Å². The predicted octanol–water partition coefficient (Wildman–Crippen LogP) is 5.21. The Hall–Kier alpha value is -3.82. The van der Waals surface area contributed by atoms with E-state index < -0.39 is 7.80 Å². The highest BCUT2D eigenvalue weighted by atomic mass is 31.1. The van der Waals surface area contributed by atoms with Gasteiger partial charge in [0.25, 0.3) is 0 Å². The third kappa shape index (κ3) is 4.12. The van der Waals surface area contributed by atoms with Gasteiger partial charge >= 0.3 is 7.80 Å². The number of benzene rings is 4. The van der Waals surface area contributed by atoms with E-state index in [-0.39, 0.29) is 0 Å². The molecule has 0 saturated carbocycles. The number of ether oxygens (including phenoxy) is 2. The number of hydrogen-bond donors (Lipinski definition) is 2. The van der Waals surface area contributed by atoms with Gasteiger partial charge in [0.05, 0.1) is 11.4 Å². The van der Waals surface area contributed by atoms with Gasteiger partial charge in [-0.05, 0) is 48.5 Å². The highest BCUT2D eigenvalue weighted by Crippen LogP contribution is 2.38. The molecule has 4 N–H and O–H groups in total. The molecule has 0 atom stereocenters. The molecule has 0 bridgehead atoms. The van der Waals surface area contributed by atoms with Crippen LogP contribution in [0.3, 0.4) is 0 Å². The van der Waals surface area contributed by atoms with Gasteiger partial charge in [0.2, 0.25) is 22.1 Å². The molecule has 4 aromatic rings. The average Bonchev–Trinajstić information content (AvgIpc) is 2.77. The van der Waals surface area contributed by atoms with Crippen molar-refractivity contribution in [3.8, 4) is 23.0 Å². The van der Waals surface area contributed by atoms with Crippen molar-refractivity contribution in [1.82, 2.24) is 0 Å². The Morgan fingerprint density at radius 1 is 0.533 bits per heavy atom. The van der Waals surface area contributed by atoms with Crippen LogP contribution in [-0.2, 0) is 4.57 Å². The normalized spacial score (nSPS) is 10.4. The SMILES string of the molecule is Nc1cccc([P+](=O)c2cccc(N)c2Oc2ccccc2)c1Oc1ccccc1. The number of anilines is 2. The molecule has 0 radical (unpaired) electrons. The van der Waals surface area contributed by atoms with Gasteiger partial charge in [-0.3, -0.25) is 0 Å². The van der Waals surface area contributed by atoms with Crippen LogP contribution in [0.5, 0.6) is 23.0 Å². The monoisotopic (exact) mass is 415 g/mol. The van der Waals surface area contributed by atoms with Gasteiger partial charge in [0.15, 0.2) is 0 Å². The summed E-state index contributed by atoms with van der Waals surface area (Å²) in [7, 11) is -2.10. The van der Waals surface area contributed by atoms with Crippen molar-refractivity contribution in [1.29, 1.82) is 0 Å². The molecule has 6 heteroatoms. The quantitative estimate of drug-likeness (QED) is 0.333. The molecule has 4 rings (SSSR count). The fourth-order valence-corrected chi connectivity index (χ4v) is 4.39. The zero-order chi connectivity index (χ0) is 20.9. The summed E-state index contributed by atoms with van der Waals surface area (Å²) in [6.07, 6.45) is 0. The maximum atomic E-state index is 13.6. The Morgan fingerprint density at radius 2 is 0.933 bits per heavy atom. The summed E-state index contributed by atoms with van der Waals surface area (Å²) in [6, 6.07) is 28.9. The summed E-state index contributed by atoms with van der Waals surface area (Å²) in [5.74, 6) is 1.93. The summed E-state index contributed by atoms with van der Waals surface area (Å²) in [5, 5.41) is 0.940. The van der Waals surface area contributed by atoms with E-state index in [4.69, 9.17) is 20.9 Å². The zero-order valence-corrected chi connectivity index (χ0v) is 17.0. The Kier molecular flexibility index (Phi) is 5.64. The first kappa shape index (κ1) is 19.5. The molecular formula is C24H20N2O3P+. The summed E-state index contributed by atoms with van der Waals surface area (Å²) in [5.41, 5.74) is 13.1. The van der Waals surface area contributed by atoms with Gasteiger partial charge in [0, 0.05) is 0 Å². The smallest absolute Gasteiger partial charge is 0.423 e. The van der Waals surface area contributed by atoms with Crippen molar-refractivity contribution in [2.45, 2.75) is 0 Å². The number of para-hydroxylation sites is 4. The van der Waals surface area contributed by atoms with Crippen LogP contribution in [0, 0.1) is 0 Å². The molecule has 148 valence electrons. The Labute approximate surface area is 175 Å². The van der Waals surface area contributed by atoms with Crippen LogP contribution in [0.4, 0.5) is 11.4 Å². The van der Waals surface area contributed by atoms with E-state index in [1.165, 1.54) is 0 Å². The number of hydrogen-bond acceptors (Lipinski definition) is 5. The van der Waals surface area contributed by atoms with E-state index in [0.717, 1.165) is 0 Å². The predicted molar refractivity (Wildman–Crippen MR) is 122 cm³/mol. The standard InChI is InChI=1S/C24H20N2O3P/c25-19-13-7-15-21(23(19)28-17-9-3-1-4-10-17)30(27)22-16-8-14-20(26)24(22)29-18-11-5-2-6-12-18/h1-16H,25-26H2/q+1. The van der Waals surface area contributed by atoms with E-state index in [9.17, 15) is 4.57 Å². The lowest BCUT2D eigenvalue weighted by Crippen LogP contribution is -2.14. The number of nitrogens with two attached hydrogens (primary N) is 2. The maximum absolute atomic E-state index is 13.6. The van der Waals surface area contributed by atoms with Gasteiger partial charge in [0.1, 0.15) is 11.5 Å². The molecule has 0 saturated heterocycles. The molecule has 5 nitrogen and oxygen atoms in total. The molecule has 30 heavy (non-hydrogen) atoms. The molecular weight excluding hydrogens is 395 g/mol. The molecule has 0 aliphatic carbocycles. The minimum Gasteiger partial charge on any atom is -0.450 e. The van der Waals surface area contributed by atoms with Gasteiger partial charge in [-0.15, -0.1) is 0 Å². The maximum Gasteiger partial charge on any atom is 0.423 e. The summed E-state index contributed by atoms with van der Waals surface area (Å²) >= 11 is 0. The third-order valence-corrected chi connectivity index (χ3v) is 5.99. The fourth-order valence-electron chi connectivity index (χ4n) is 2.97. The highest BCUT2D eigenvalue weighted by Gasteiger charge is 2.34. The Bertz CT molecular complexity index is 1090. The minimum absolute atomic E-state index is 0.359. The van der Waals surface area contributed by atoms with Crippen LogP contribution in [0.2, 0.25) is 0 Å². The lowest BCUT2D eigenvalue weighted by atomic mass is 10.3. The highest BCUT2D eigenvalue weighted by molar-refractivity contribution is 7.62. The topological polar surface area (TPSA) is 87.6 Å². The molecule has 0 heterocycles. The van der Waals surface area contributed by atoms with E-state index >= 15 is 0 Å². The first-order valence-electron chi connectivity index (χ1n) is 9.33. The van der Waals surface area contributed by atoms with Crippen molar-refractivity contribution >= 4 is 29.8 Å². The first-order valence-corrected chi connectivity index (χ1v) is 10.6. The van der Waals surface area contributed by atoms with Crippen LogP contribution in [-0.4, -0.2) is 0 Å². The molecule has 0 aliphatic rings. The third-order valence-electron chi connectivity index (χ3n) is 4.41. The number of nitrogen functional groups attached to an aromatic ring is 2. The van der Waals surface area contributed by atoms with E-state index in [1.807, 2.05) is 60.7 Å². The number of rotatable bonds is 6. The van der Waals surface area contributed by atoms with Gasteiger partial charge in [-0.2, -0.15) is 0 Å². The lowest BCUT2D eigenvalue weighted by molar-refractivity contribution is 0.487. The minimum atomic E-state index is -2.10. The van der Waals surface area contributed by atoms with Crippen molar-refractivity contribution in [2.24, 2.45) is 0 Å². The summed E-state index contributed by atoms with van der Waals surface area (Å²) in [4.78, 5) is 0. The molecule has 0 unspecified atom stereocenters. The van der Waals surface area contributed by atoms with E-state index in [0.29, 0.717) is 45.0 Å². The summed E-state index contributed by atoms with van der Waals surface area (Å²) in [6.45, 7) is 0. The summed E-state index contributed by atoms with van der Waals surface area (Å²) < 4.78 is 25.6. The largest absolute Gasteiger partial charge is 0.450 e. The molecule has 0 aromatic heterocycles. The molecule has 0 amide bonds. The van der Waals surface area contributed by atoms with Crippen molar-refractivity contribution in [3.05, 3.63) is 97.1 Å². The van der Waals surface area contributed by atoms with Crippen LogP contribution in [0.25, 0.3) is 0 Å². The second-order valence-corrected chi connectivity index (χ2v) is 8.07. The molecule has 4 aromatic carbocycles. The molecule has 0 aliphatic heterocycles. The van der Waals surface area contributed by atoms with Crippen LogP contribution < -0.4 is 31.6 Å². The molecule has 0 fully saturated rings. The van der Waals surface area contributed by atoms with E-state index in [1.54, 1.807) is 36.4 Å². The van der Waals surface area contributed by atoms with Crippen molar-refractivity contribution < 1.29 is 14.0 Å². The first-order chi connectivity index (χ1) is 14.6. The Morgan fingerprint density at radius 3 is 1.33 bits per heavy atom. The lowest BCUT2D eigenvalue weighted by Gasteiger charge is -2.10. The Balaban J connectivity index is 1.76. The average molecular weight is 415 g/mol. The van der Waals surface area contributed by atoms with Crippen molar-refractivity contribution in [3.63, 3.8) is 0 Å².